The van der Waals surface area contributed by atoms with Crippen molar-refractivity contribution in [1.29, 1.82) is 0 Å². The molecule has 4 heterocycles. The second kappa shape index (κ2) is 7.88. The number of benzene rings is 1. The number of carbonyl (C=O) groups excluding carboxylic acids is 1. The number of amides is 1. The van der Waals surface area contributed by atoms with Gasteiger partial charge in [0.15, 0.2) is 5.65 Å². The molecule has 1 aromatic carbocycles. The first-order valence-electron chi connectivity index (χ1n) is 10.4. The second-order valence-electron chi connectivity index (χ2n) is 7.94. The Balaban J connectivity index is 1.58. The third kappa shape index (κ3) is 3.42. The standard InChI is InChI=1S/C22H23F2N5O2/c1-31-19-7-3-2-6-15(19)17-11-18(20(23)24)29-21(26-17)16(12-25-29)22(30)28-10-9-27-8-4-5-14(27)13-28/h2-3,6-7,11-12,14,20H,4-5,8-10,13H2,1H3/t14-/m1/s1. The van der Waals surface area contributed by atoms with Gasteiger partial charge in [0, 0.05) is 31.2 Å². The number of halogens is 2. The van der Waals surface area contributed by atoms with Crippen molar-refractivity contribution in [1.82, 2.24) is 24.4 Å². The van der Waals surface area contributed by atoms with Crippen LogP contribution in [0, 0.1) is 0 Å². The van der Waals surface area contributed by atoms with E-state index in [0.717, 1.165) is 30.4 Å². The summed E-state index contributed by atoms with van der Waals surface area (Å²) >= 11 is 0. The van der Waals surface area contributed by atoms with Crippen molar-refractivity contribution >= 4 is 11.6 Å². The van der Waals surface area contributed by atoms with Crippen molar-refractivity contribution in [3.8, 4) is 17.0 Å². The predicted octanol–water partition coefficient (Wildman–Crippen LogP) is 3.26. The zero-order chi connectivity index (χ0) is 21.5. The van der Waals surface area contributed by atoms with Crippen LogP contribution in [0.15, 0.2) is 36.5 Å². The van der Waals surface area contributed by atoms with Gasteiger partial charge in [0.2, 0.25) is 0 Å². The number of carbonyl (C=O) groups is 1. The number of fused-ring (bicyclic) bond motifs is 2. The summed E-state index contributed by atoms with van der Waals surface area (Å²) in [5.74, 6) is 0.302. The van der Waals surface area contributed by atoms with Crippen molar-refractivity contribution in [2.45, 2.75) is 25.3 Å². The summed E-state index contributed by atoms with van der Waals surface area (Å²) in [4.78, 5) is 22.1. The Morgan fingerprint density at radius 1 is 1.23 bits per heavy atom. The van der Waals surface area contributed by atoms with Crippen molar-refractivity contribution in [2.24, 2.45) is 0 Å². The maximum Gasteiger partial charge on any atom is 0.280 e. The molecule has 0 saturated carbocycles. The normalized spacial score (nSPS) is 19.2. The maximum atomic E-state index is 13.9. The number of nitrogens with zero attached hydrogens (tertiary/aromatic N) is 5. The Kier molecular flexibility index (Phi) is 5.05. The van der Waals surface area contributed by atoms with E-state index in [4.69, 9.17) is 4.74 Å². The molecule has 162 valence electrons. The number of hydrogen-bond acceptors (Lipinski definition) is 5. The first-order chi connectivity index (χ1) is 15.1. The smallest absolute Gasteiger partial charge is 0.280 e. The molecule has 0 N–H and O–H groups in total. The maximum absolute atomic E-state index is 13.9. The average molecular weight is 427 g/mol. The first-order valence-corrected chi connectivity index (χ1v) is 10.4. The summed E-state index contributed by atoms with van der Waals surface area (Å²) in [6.07, 6.45) is 0.794. The Morgan fingerprint density at radius 2 is 2.06 bits per heavy atom. The monoisotopic (exact) mass is 427 g/mol. The fourth-order valence-corrected chi connectivity index (χ4v) is 4.63. The van der Waals surface area contributed by atoms with E-state index in [1.165, 1.54) is 19.4 Å². The SMILES string of the molecule is COc1ccccc1-c1cc(C(F)F)n2ncc(C(=O)N3CCN4CCC[C@@H]4C3)c2n1. The van der Waals surface area contributed by atoms with Crippen molar-refractivity contribution in [2.75, 3.05) is 33.3 Å². The molecule has 2 aliphatic rings. The van der Waals surface area contributed by atoms with Gasteiger partial charge < -0.3 is 9.64 Å². The number of ether oxygens (including phenoxy) is 1. The molecule has 7 nitrogen and oxygen atoms in total. The lowest BCUT2D eigenvalue weighted by molar-refractivity contribution is 0.0573. The van der Waals surface area contributed by atoms with Crippen LogP contribution >= 0.6 is 0 Å². The fourth-order valence-electron chi connectivity index (χ4n) is 4.63. The quantitative estimate of drug-likeness (QED) is 0.640. The predicted molar refractivity (Wildman–Crippen MR) is 110 cm³/mol. The zero-order valence-electron chi connectivity index (χ0n) is 17.2. The highest BCUT2D eigenvalue weighted by molar-refractivity contribution is 6.00. The molecule has 31 heavy (non-hydrogen) atoms. The first kappa shape index (κ1) is 19.9. The largest absolute Gasteiger partial charge is 0.496 e. The van der Waals surface area contributed by atoms with Crippen LogP contribution in [0.2, 0.25) is 0 Å². The van der Waals surface area contributed by atoms with E-state index >= 15 is 0 Å². The summed E-state index contributed by atoms with van der Waals surface area (Å²) in [7, 11) is 1.52. The van der Waals surface area contributed by atoms with Crippen LogP contribution in [-0.2, 0) is 0 Å². The van der Waals surface area contributed by atoms with Crippen LogP contribution in [-0.4, -0.2) is 69.6 Å². The molecule has 1 amide bonds. The molecular formula is C22H23F2N5O2. The average Bonchev–Trinajstić information content (AvgIpc) is 3.44. The lowest BCUT2D eigenvalue weighted by atomic mass is 10.1. The minimum atomic E-state index is -2.77. The summed E-state index contributed by atoms with van der Waals surface area (Å²) in [5, 5.41) is 4.08. The second-order valence-corrected chi connectivity index (χ2v) is 7.94. The molecule has 0 bridgehead atoms. The van der Waals surface area contributed by atoms with Gasteiger partial charge in [0.05, 0.1) is 19.0 Å². The summed E-state index contributed by atoms with van der Waals surface area (Å²) in [6, 6.07) is 8.75. The number of methoxy groups -OCH3 is 1. The van der Waals surface area contributed by atoms with Gasteiger partial charge >= 0.3 is 0 Å². The van der Waals surface area contributed by atoms with Crippen molar-refractivity contribution in [3.05, 3.63) is 47.8 Å². The lowest BCUT2D eigenvalue weighted by Crippen LogP contribution is -2.52. The number of piperazine rings is 1. The van der Waals surface area contributed by atoms with Gasteiger partial charge in [-0.2, -0.15) is 5.10 Å². The lowest BCUT2D eigenvalue weighted by Gasteiger charge is -2.37. The van der Waals surface area contributed by atoms with E-state index in [2.05, 4.69) is 15.0 Å². The molecule has 0 radical (unpaired) electrons. The van der Waals surface area contributed by atoms with E-state index in [-0.39, 0.29) is 22.8 Å². The number of hydrogen-bond donors (Lipinski definition) is 0. The van der Waals surface area contributed by atoms with Gasteiger partial charge in [0.25, 0.3) is 12.3 Å². The highest BCUT2D eigenvalue weighted by Crippen LogP contribution is 2.32. The van der Waals surface area contributed by atoms with E-state index in [1.54, 1.807) is 29.2 Å². The molecule has 3 aromatic rings. The number of para-hydroxylation sites is 1. The Morgan fingerprint density at radius 3 is 2.87 bits per heavy atom. The minimum absolute atomic E-state index is 0.137. The highest BCUT2D eigenvalue weighted by atomic mass is 19.3. The van der Waals surface area contributed by atoms with Crippen LogP contribution in [0.1, 0.15) is 35.3 Å². The third-order valence-corrected chi connectivity index (χ3v) is 6.21. The van der Waals surface area contributed by atoms with Crippen LogP contribution in [0.25, 0.3) is 16.9 Å². The van der Waals surface area contributed by atoms with Crippen molar-refractivity contribution < 1.29 is 18.3 Å². The third-order valence-electron chi connectivity index (χ3n) is 6.21. The molecule has 2 saturated heterocycles. The molecule has 5 rings (SSSR count). The highest BCUT2D eigenvalue weighted by Gasteiger charge is 2.34. The molecule has 2 fully saturated rings. The Hall–Kier alpha value is -3.07. The van der Waals surface area contributed by atoms with E-state index < -0.39 is 6.43 Å². The summed E-state index contributed by atoms with van der Waals surface area (Å²) < 4.78 is 34.2. The van der Waals surface area contributed by atoms with E-state index in [9.17, 15) is 13.6 Å². The zero-order valence-corrected chi connectivity index (χ0v) is 17.2. The van der Waals surface area contributed by atoms with Gasteiger partial charge in [-0.25, -0.2) is 18.3 Å². The van der Waals surface area contributed by atoms with Crippen LogP contribution in [0.4, 0.5) is 8.78 Å². The summed E-state index contributed by atoms with van der Waals surface area (Å²) in [6.45, 7) is 3.16. The van der Waals surface area contributed by atoms with E-state index in [0.29, 0.717) is 36.1 Å². The fraction of sp³-hybridized carbons (Fsp3) is 0.409. The number of alkyl halides is 2. The molecular weight excluding hydrogens is 404 g/mol. The minimum Gasteiger partial charge on any atom is -0.496 e. The molecule has 2 aliphatic heterocycles. The number of aromatic nitrogens is 3. The molecule has 1 atom stereocenters. The van der Waals surface area contributed by atoms with Crippen LogP contribution in [0.5, 0.6) is 5.75 Å². The molecule has 0 spiro atoms. The molecule has 0 unspecified atom stereocenters. The van der Waals surface area contributed by atoms with Crippen molar-refractivity contribution in [3.63, 3.8) is 0 Å². The number of rotatable bonds is 4. The van der Waals surface area contributed by atoms with Gasteiger partial charge in [-0.1, -0.05) is 12.1 Å². The Labute approximate surface area is 178 Å². The van der Waals surface area contributed by atoms with Gasteiger partial charge in [-0.05, 0) is 37.6 Å². The Bertz CT molecular complexity index is 1130. The van der Waals surface area contributed by atoms with Gasteiger partial charge in [-0.3, -0.25) is 9.69 Å². The van der Waals surface area contributed by atoms with Crippen LogP contribution in [0.3, 0.4) is 0 Å². The van der Waals surface area contributed by atoms with Gasteiger partial charge in [-0.15, -0.1) is 0 Å². The van der Waals surface area contributed by atoms with Gasteiger partial charge in [0.1, 0.15) is 17.0 Å². The summed E-state index contributed by atoms with van der Waals surface area (Å²) in [5.41, 5.74) is 0.956. The molecule has 9 heteroatoms. The molecule has 2 aromatic heterocycles. The van der Waals surface area contributed by atoms with Crippen LogP contribution < -0.4 is 4.74 Å². The molecule has 0 aliphatic carbocycles. The topological polar surface area (TPSA) is 63.0 Å². The van der Waals surface area contributed by atoms with E-state index in [1.807, 2.05) is 0 Å².